The van der Waals surface area contributed by atoms with Gasteiger partial charge in [-0.1, -0.05) is 19.9 Å². The quantitative estimate of drug-likeness (QED) is 0.485. The zero-order chi connectivity index (χ0) is 27.8. The van der Waals surface area contributed by atoms with E-state index in [0.29, 0.717) is 47.0 Å². The van der Waals surface area contributed by atoms with Gasteiger partial charge in [-0.25, -0.2) is 0 Å². The van der Waals surface area contributed by atoms with Crippen molar-refractivity contribution in [3.63, 3.8) is 0 Å². The molecule has 3 aromatic rings. The maximum atomic E-state index is 13.3. The molecule has 0 saturated heterocycles. The third-order valence-electron chi connectivity index (χ3n) is 6.46. The minimum absolute atomic E-state index is 0.0938. The van der Waals surface area contributed by atoms with Crippen LogP contribution in [0.1, 0.15) is 41.2 Å². The van der Waals surface area contributed by atoms with E-state index in [1.54, 1.807) is 45.0 Å². The SMILES string of the molecule is Cc1ccc(NC(=O)c2c(C)c(-c3ccc4c(c3)N(CC(C)(C)[O-])CCO4)c(CC(=O)O)n(C)c2=O)cn1. The van der Waals surface area contributed by atoms with Gasteiger partial charge in [0.1, 0.15) is 17.9 Å². The van der Waals surface area contributed by atoms with Crippen LogP contribution in [0.2, 0.25) is 0 Å². The number of fused-ring (bicyclic) bond motifs is 1. The molecule has 1 aliphatic heterocycles. The maximum absolute atomic E-state index is 13.3. The highest BCUT2D eigenvalue weighted by molar-refractivity contribution is 6.06. The molecule has 4 rings (SSSR count). The molecule has 200 valence electrons. The molecule has 0 radical (unpaired) electrons. The number of aliphatic carboxylic acids is 1. The van der Waals surface area contributed by atoms with Crippen LogP contribution in [0.5, 0.6) is 5.75 Å². The Labute approximate surface area is 220 Å². The van der Waals surface area contributed by atoms with Crippen molar-refractivity contribution >= 4 is 23.3 Å². The molecule has 0 fully saturated rings. The Morgan fingerprint density at radius 1 is 1.21 bits per heavy atom. The van der Waals surface area contributed by atoms with Crippen molar-refractivity contribution < 1.29 is 24.5 Å². The van der Waals surface area contributed by atoms with Gasteiger partial charge in [-0.05, 0) is 49.2 Å². The molecule has 0 spiro atoms. The first kappa shape index (κ1) is 26.9. The molecule has 0 atom stereocenters. The molecule has 3 heterocycles. The number of hydrogen-bond acceptors (Lipinski definition) is 7. The number of carbonyl (C=O) groups excluding carboxylic acids is 1. The van der Waals surface area contributed by atoms with Crippen LogP contribution in [0.15, 0.2) is 41.3 Å². The smallest absolute Gasteiger partial charge is 0.309 e. The number of nitrogens with zero attached hydrogens (tertiary/aromatic N) is 3. The summed E-state index contributed by atoms with van der Waals surface area (Å²) >= 11 is 0. The lowest BCUT2D eigenvalue weighted by Crippen LogP contribution is -2.50. The van der Waals surface area contributed by atoms with Crippen molar-refractivity contribution in [2.75, 3.05) is 29.9 Å². The third kappa shape index (κ3) is 5.55. The second kappa shape index (κ2) is 10.3. The highest BCUT2D eigenvalue weighted by Crippen LogP contribution is 2.38. The summed E-state index contributed by atoms with van der Waals surface area (Å²) in [6, 6.07) is 8.79. The zero-order valence-electron chi connectivity index (χ0n) is 22.1. The Hall–Kier alpha value is -4.18. The molecule has 0 bridgehead atoms. The lowest BCUT2D eigenvalue weighted by Gasteiger charge is -2.41. The van der Waals surface area contributed by atoms with E-state index in [2.05, 4.69) is 10.3 Å². The van der Waals surface area contributed by atoms with Crippen LogP contribution in [0.25, 0.3) is 11.1 Å². The van der Waals surface area contributed by atoms with Gasteiger partial charge in [-0.3, -0.25) is 19.4 Å². The number of amides is 1. The van der Waals surface area contributed by atoms with E-state index in [1.165, 1.54) is 17.8 Å². The first-order valence-electron chi connectivity index (χ1n) is 12.3. The number of carboxylic acids is 1. The Balaban J connectivity index is 1.88. The summed E-state index contributed by atoms with van der Waals surface area (Å²) in [5, 5.41) is 24.9. The van der Waals surface area contributed by atoms with Gasteiger partial charge in [0, 0.05) is 30.5 Å². The van der Waals surface area contributed by atoms with E-state index >= 15 is 0 Å². The summed E-state index contributed by atoms with van der Waals surface area (Å²) in [6.45, 7) is 7.89. The number of carbonyl (C=O) groups is 2. The topological polar surface area (TPSA) is 137 Å². The number of ether oxygens (including phenoxy) is 1. The first-order valence-corrected chi connectivity index (χ1v) is 12.3. The minimum Gasteiger partial charge on any atom is -0.849 e. The number of aryl methyl sites for hydroxylation is 1. The van der Waals surface area contributed by atoms with Gasteiger partial charge < -0.3 is 29.7 Å². The van der Waals surface area contributed by atoms with E-state index < -0.39 is 29.5 Å². The van der Waals surface area contributed by atoms with E-state index in [-0.39, 0.29) is 17.8 Å². The summed E-state index contributed by atoms with van der Waals surface area (Å²) in [5.74, 6) is -1.12. The highest BCUT2D eigenvalue weighted by Gasteiger charge is 2.27. The van der Waals surface area contributed by atoms with E-state index in [4.69, 9.17) is 4.74 Å². The molecule has 1 amide bonds. The summed E-state index contributed by atoms with van der Waals surface area (Å²) < 4.78 is 7.02. The molecule has 1 aliphatic rings. The second-order valence-corrected chi connectivity index (χ2v) is 10.1. The summed E-state index contributed by atoms with van der Waals surface area (Å²) in [4.78, 5) is 44.6. The predicted molar refractivity (Wildman–Crippen MR) is 142 cm³/mol. The average Bonchev–Trinajstić information content (AvgIpc) is 2.83. The molecular formula is C28H31N4O6-. The predicted octanol–water partition coefficient (Wildman–Crippen LogP) is 2.28. The molecule has 2 N–H and O–H groups in total. The van der Waals surface area contributed by atoms with E-state index in [9.17, 15) is 24.6 Å². The van der Waals surface area contributed by atoms with Crippen LogP contribution in [-0.2, 0) is 18.3 Å². The fraction of sp³-hybridized carbons (Fsp3) is 0.357. The normalized spacial score (nSPS) is 13.1. The zero-order valence-corrected chi connectivity index (χ0v) is 22.1. The van der Waals surface area contributed by atoms with Crippen molar-refractivity contribution in [3.8, 4) is 16.9 Å². The Morgan fingerprint density at radius 3 is 2.58 bits per heavy atom. The number of aromatic nitrogens is 2. The third-order valence-corrected chi connectivity index (χ3v) is 6.46. The van der Waals surface area contributed by atoms with Crippen molar-refractivity contribution in [1.82, 2.24) is 9.55 Å². The Bertz CT molecular complexity index is 1450. The van der Waals surface area contributed by atoms with Crippen LogP contribution >= 0.6 is 0 Å². The number of rotatable bonds is 7. The fourth-order valence-electron chi connectivity index (χ4n) is 4.75. The molecular weight excluding hydrogens is 488 g/mol. The van der Waals surface area contributed by atoms with E-state index in [0.717, 1.165) is 5.69 Å². The molecule has 2 aromatic heterocycles. The van der Waals surface area contributed by atoms with E-state index in [1.807, 2.05) is 17.9 Å². The number of nitrogens with one attached hydrogen (secondary N) is 1. The molecule has 38 heavy (non-hydrogen) atoms. The molecule has 1 aromatic carbocycles. The monoisotopic (exact) mass is 519 g/mol. The van der Waals surface area contributed by atoms with Crippen LogP contribution in [0, 0.1) is 13.8 Å². The van der Waals surface area contributed by atoms with Gasteiger partial charge in [0.25, 0.3) is 11.5 Å². The number of benzene rings is 1. The Kier molecular flexibility index (Phi) is 7.28. The molecule has 10 heteroatoms. The summed E-state index contributed by atoms with van der Waals surface area (Å²) in [5.41, 5.74) is 1.71. The second-order valence-electron chi connectivity index (χ2n) is 10.1. The first-order chi connectivity index (χ1) is 17.9. The van der Waals surface area contributed by atoms with Crippen molar-refractivity contribution in [1.29, 1.82) is 0 Å². The average molecular weight is 520 g/mol. The van der Waals surface area contributed by atoms with Crippen molar-refractivity contribution in [2.24, 2.45) is 7.05 Å². The van der Waals surface area contributed by atoms with Gasteiger partial charge in [0.2, 0.25) is 0 Å². The largest absolute Gasteiger partial charge is 0.849 e. The lowest BCUT2D eigenvalue weighted by atomic mass is 9.92. The standard InChI is InChI=1S/C28H31N4O6/c1-16-6-8-19(14-29-16)30-26(35)25-17(2)24(21(13-23(33)34)31(5)27(25)36)18-7-9-22-20(12-18)32(10-11-38-22)15-28(3,4)37/h6-9,12,14H,10-11,13,15H2,1-5H3,(H,30,35)(H,33,34)/q-1. The molecule has 0 saturated carbocycles. The minimum atomic E-state index is -1.21. The van der Waals surface area contributed by atoms with Crippen LogP contribution in [-0.4, -0.2) is 51.8 Å². The van der Waals surface area contributed by atoms with Crippen LogP contribution in [0.4, 0.5) is 11.4 Å². The fourth-order valence-corrected chi connectivity index (χ4v) is 4.75. The molecule has 0 aliphatic carbocycles. The van der Waals surface area contributed by atoms with Crippen LogP contribution in [0.3, 0.4) is 0 Å². The van der Waals surface area contributed by atoms with Gasteiger partial charge in [-0.15, -0.1) is 5.60 Å². The number of hydrogen-bond donors (Lipinski definition) is 2. The van der Waals surface area contributed by atoms with Gasteiger partial charge in [-0.2, -0.15) is 0 Å². The van der Waals surface area contributed by atoms with Crippen molar-refractivity contribution in [3.05, 3.63) is 69.4 Å². The summed E-state index contributed by atoms with van der Waals surface area (Å²) in [6.07, 6.45) is 1.08. The molecule has 0 unspecified atom stereocenters. The van der Waals surface area contributed by atoms with Gasteiger partial charge in [0.15, 0.2) is 0 Å². The number of anilines is 2. The molecule has 10 nitrogen and oxygen atoms in total. The van der Waals surface area contributed by atoms with Crippen LogP contribution < -0.4 is 25.6 Å². The Morgan fingerprint density at radius 2 is 1.95 bits per heavy atom. The highest BCUT2D eigenvalue weighted by atomic mass is 16.5. The van der Waals surface area contributed by atoms with Gasteiger partial charge in [0.05, 0.1) is 30.5 Å². The number of carboxylic acid groups (broad SMARTS) is 1. The van der Waals surface area contributed by atoms with Crippen molar-refractivity contribution in [2.45, 2.75) is 39.7 Å². The maximum Gasteiger partial charge on any atom is 0.309 e. The summed E-state index contributed by atoms with van der Waals surface area (Å²) in [7, 11) is 1.46. The lowest BCUT2D eigenvalue weighted by molar-refractivity contribution is -0.461. The van der Waals surface area contributed by atoms with Gasteiger partial charge >= 0.3 is 5.97 Å². The number of pyridine rings is 2.